The molecule has 1 N–H and O–H groups in total. The van der Waals surface area contributed by atoms with E-state index < -0.39 is 0 Å². The van der Waals surface area contributed by atoms with Crippen molar-refractivity contribution < 1.29 is 14.3 Å². The van der Waals surface area contributed by atoms with Crippen LogP contribution in [-0.2, 0) is 11.2 Å². The van der Waals surface area contributed by atoms with Crippen LogP contribution in [0.1, 0.15) is 22.3 Å². The minimum absolute atomic E-state index is 0.0341. The fourth-order valence-corrected chi connectivity index (χ4v) is 2.48. The first-order valence-corrected chi connectivity index (χ1v) is 8.10. The van der Waals surface area contributed by atoms with Crippen LogP contribution in [0.3, 0.4) is 0 Å². The lowest BCUT2D eigenvalue weighted by molar-refractivity contribution is -0.123. The molecule has 0 aromatic heterocycles. The van der Waals surface area contributed by atoms with E-state index in [1.807, 2.05) is 51.1 Å². The maximum absolute atomic E-state index is 11.9. The summed E-state index contributed by atoms with van der Waals surface area (Å²) in [5.41, 5.74) is 4.53. The number of nitrogens with one attached hydrogen (secondary N) is 1. The minimum atomic E-state index is -0.109. The molecule has 2 aromatic carbocycles. The fourth-order valence-electron chi connectivity index (χ4n) is 2.48. The van der Waals surface area contributed by atoms with Crippen molar-refractivity contribution >= 4 is 5.91 Å². The molecule has 2 rings (SSSR count). The molecule has 24 heavy (non-hydrogen) atoms. The number of ether oxygens (including phenoxy) is 2. The van der Waals surface area contributed by atoms with Crippen LogP contribution in [0.2, 0.25) is 0 Å². The zero-order valence-corrected chi connectivity index (χ0v) is 14.8. The Bertz CT molecular complexity index is 693. The molecule has 0 saturated carbocycles. The predicted octanol–water partition coefficient (Wildman–Crippen LogP) is 3.36. The number of aryl methyl sites for hydroxylation is 2. The van der Waals surface area contributed by atoms with Crippen LogP contribution in [0.4, 0.5) is 0 Å². The van der Waals surface area contributed by atoms with Crippen molar-refractivity contribution in [1.29, 1.82) is 0 Å². The molecule has 0 spiro atoms. The summed E-state index contributed by atoms with van der Waals surface area (Å²) in [4.78, 5) is 11.9. The number of amides is 1. The van der Waals surface area contributed by atoms with E-state index in [1.165, 1.54) is 5.56 Å². The highest BCUT2D eigenvalue weighted by molar-refractivity contribution is 5.77. The van der Waals surface area contributed by atoms with Crippen molar-refractivity contribution in [1.82, 2.24) is 5.32 Å². The molecule has 0 saturated heterocycles. The number of carbonyl (C=O) groups excluding carboxylic acids is 1. The molecule has 0 fully saturated rings. The highest BCUT2D eigenvalue weighted by Gasteiger charge is 2.07. The molecule has 0 aliphatic heterocycles. The third kappa shape index (κ3) is 5.01. The van der Waals surface area contributed by atoms with E-state index in [-0.39, 0.29) is 12.5 Å². The van der Waals surface area contributed by atoms with Crippen molar-refractivity contribution in [2.75, 3.05) is 20.3 Å². The molecule has 0 aliphatic rings. The zero-order chi connectivity index (χ0) is 17.5. The van der Waals surface area contributed by atoms with Gasteiger partial charge < -0.3 is 14.8 Å². The average molecular weight is 327 g/mol. The van der Waals surface area contributed by atoms with Crippen molar-refractivity contribution in [2.24, 2.45) is 0 Å². The summed E-state index contributed by atoms with van der Waals surface area (Å²) in [5.74, 6) is 1.50. The third-order valence-electron chi connectivity index (χ3n) is 4.02. The van der Waals surface area contributed by atoms with Crippen LogP contribution in [0.5, 0.6) is 11.5 Å². The molecule has 2 aromatic rings. The topological polar surface area (TPSA) is 47.6 Å². The van der Waals surface area contributed by atoms with Gasteiger partial charge in [0.1, 0.15) is 11.5 Å². The van der Waals surface area contributed by atoms with Crippen molar-refractivity contribution in [3.8, 4) is 11.5 Å². The summed E-state index contributed by atoms with van der Waals surface area (Å²) >= 11 is 0. The normalized spacial score (nSPS) is 10.3. The second kappa shape index (κ2) is 8.39. The Kier molecular flexibility index (Phi) is 6.24. The summed E-state index contributed by atoms with van der Waals surface area (Å²) in [6, 6.07) is 11.9. The van der Waals surface area contributed by atoms with Gasteiger partial charge in [0.2, 0.25) is 0 Å². The Hall–Kier alpha value is -2.49. The lowest BCUT2D eigenvalue weighted by Crippen LogP contribution is -2.30. The van der Waals surface area contributed by atoms with Gasteiger partial charge in [-0.15, -0.1) is 0 Å². The first kappa shape index (κ1) is 17.9. The monoisotopic (exact) mass is 327 g/mol. The van der Waals surface area contributed by atoms with Gasteiger partial charge in [-0.2, -0.15) is 0 Å². The molecule has 0 unspecified atom stereocenters. The smallest absolute Gasteiger partial charge is 0.257 e. The fraction of sp³-hybridized carbons (Fsp3) is 0.350. The quantitative estimate of drug-likeness (QED) is 0.848. The van der Waals surface area contributed by atoms with Crippen LogP contribution >= 0.6 is 0 Å². The Morgan fingerprint density at radius 1 is 1.08 bits per heavy atom. The number of hydrogen-bond acceptors (Lipinski definition) is 3. The predicted molar refractivity (Wildman–Crippen MR) is 95.9 cm³/mol. The standard InChI is InChI=1S/C20H25NO3/c1-14-11-15(2)16(3)19(12-14)24-13-20(22)21-10-9-17-5-7-18(23-4)8-6-17/h5-8,11-12H,9-10,13H2,1-4H3,(H,21,22). The van der Waals surface area contributed by atoms with Gasteiger partial charge in [0, 0.05) is 6.54 Å². The first-order valence-electron chi connectivity index (χ1n) is 8.10. The summed E-state index contributed by atoms with van der Waals surface area (Å²) in [7, 11) is 1.65. The average Bonchev–Trinajstić information content (AvgIpc) is 2.57. The van der Waals surface area contributed by atoms with Crippen molar-refractivity contribution in [2.45, 2.75) is 27.2 Å². The van der Waals surface area contributed by atoms with Gasteiger partial charge in [0.15, 0.2) is 6.61 Å². The van der Waals surface area contributed by atoms with Gasteiger partial charge in [-0.1, -0.05) is 18.2 Å². The Morgan fingerprint density at radius 2 is 1.79 bits per heavy atom. The Labute approximate surface area is 143 Å². The summed E-state index contributed by atoms with van der Waals surface area (Å²) in [5, 5.41) is 2.88. The number of methoxy groups -OCH3 is 1. The van der Waals surface area contributed by atoms with E-state index in [0.29, 0.717) is 6.54 Å². The molecule has 4 heteroatoms. The Balaban J connectivity index is 1.77. The van der Waals surface area contributed by atoms with E-state index in [9.17, 15) is 4.79 Å². The van der Waals surface area contributed by atoms with E-state index in [2.05, 4.69) is 11.4 Å². The molecular weight excluding hydrogens is 302 g/mol. The SMILES string of the molecule is COc1ccc(CCNC(=O)COc2cc(C)cc(C)c2C)cc1. The lowest BCUT2D eigenvalue weighted by atomic mass is 10.1. The van der Waals surface area contributed by atoms with Gasteiger partial charge in [-0.05, 0) is 67.6 Å². The molecular formula is C20H25NO3. The van der Waals surface area contributed by atoms with Gasteiger partial charge in [0.05, 0.1) is 7.11 Å². The molecule has 0 aliphatic carbocycles. The molecule has 0 radical (unpaired) electrons. The molecule has 1 amide bonds. The van der Waals surface area contributed by atoms with Crippen LogP contribution in [0.15, 0.2) is 36.4 Å². The number of rotatable bonds is 7. The minimum Gasteiger partial charge on any atom is -0.497 e. The largest absolute Gasteiger partial charge is 0.497 e. The number of benzene rings is 2. The van der Waals surface area contributed by atoms with Gasteiger partial charge in [-0.3, -0.25) is 4.79 Å². The maximum Gasteiger partial charge on any atom is 0.257 e. The third-order valence-corrected chi connectivity index (χ3v) is 4.02. The Morgan fingerprint density at radius 3 is 2.46 bits per heavy atom. The highest BCUT2D eigenvalue weighted by Crippen LogP contribution is 2.23. The van der Waals surface area contributed by atoms with Gasteiger partial charge >= 0.3 is 0 Å². The summed E-state index contributed by atoms with van der Waals surface area (Å²) in [6.07, 6.45) is 0.776. The van der Waals surface area contributed by atoms with Crippen LogP contribution in [0.25, 0.3) is 0 Å². The van der Waals surface area contributed by atoms with Crippen molar-refractivity contribution in [3.63, 3.8) is 0 Å². The van der Waals surface area contributed by atoms with Gasteiger partial charge in [-0.25, -0.2) is 0 Å². The van der Waals surface area contributed by atoms with E-state index in [4.69, 9.17) is 9.47 Å². The number of hydrogen-bond donors (Lipinski definition) is 1. The second-order valence-corrected chi connectivity index (χ2v) is 5.94. The maximum atomic E-state index is 11.9. The number of carbonyl (C=O) groups is 1. The second-order valence-electron chi connectivity index (χ2n) is 5.94. The summed E-state index contributed by atoms with van der Waals surface area (Å²) in [6.45, 7) is 6.69. The zero-order valence-electron chi connectivity index (χ0n) is 14.8. The van der Waals surface area contributed by atoms with E-state index in [1.54, 1.807) is 7.11 Å². The molecule has 4 nitrogen and oxygen atoms in total. The van der Waals surface area contributed by atoms with Crippen LogP contribution in [0, 0.1) is 20.8 Å². The van der Waals surface area contributed by atoms with Crippen LogP contribution in [-0.4, -0.2) is 26.2 Å². The van der Waals surface area contributed by atoms with Crippen LogP contribution < -0.4 is 14.8 Å². The first-order chi connectivity index (χ1) is 11.5. The lowest BCUT2D eigenvalue weighted by Gasteiger charge is -2.12. The van der Waals surface area contributed by atoms with E-state index in [0.717, 1.165) is 34.6 Å². The molecule has 128 valence electrons. The molecule has 0 atom stereocenters. The van der Waals surface area contributed by atoms with Crippen molar-refractivity contribution in [3.05, 3.63) is 58.7 Å². The molecule has 0 bridgehead atoms. The van der Waals surface area contributed by atoms with E-state index >= 15 is 0 Å². The molecule has 0 heterocycles. The highest BCUT2D eigenvalue weighted by atomic mass is 16.5. The summed E-state index contributed by atoms with van der Waals surface area (Å²) < 4.78 is 10.8. The van der Waals surface area contributed by atoms with Gasteiger partial charge in [0.25, 0.3) is 5.91 Å².